The Bertz CT molecular complexity index is 971. The molecule has 128 valence electrons. The molecule has 4 aromatic rings. The van der Waals surface area contributed by atoms with Crippen LogP contribution in [-0.4, -0.2) is 39.8 Å². The lowest BCUT2D eigenvalue weighted by atomic mass is 10.1. The average Bonchev–Trinajstić information content (AvgIpc) is 3.36. The van der Waals surface area contributed by atoms with E-state index in [-0.39, 0.29) is 5.78 Å². The molecule has 4 rings (SSSR count). The van der Waals surface area contributed by atoms with Crippen molar-refractivity contribution in [3.63, 3.8) is 0 Å². The fourth-order valence-electron chi connectivity index (χ4n) is 2.31. The molecule has 3 aromatic heterocycles. The number of carbonyl (C=O) groups is 1. The molecule has 0 bridgehead atoms. The van der Waals surface area contributed by atoms with Crippen molar-refractivity contribution < 1.29 is 4.79 Å². The molecule has 0 fully saturated rings. The van der Waals surface area contributed by atoms with Gasteiger partial charge in [0, 0.05) is 36.0 Å². The SMILES string of the molecule is CC(=O)c1ccc(Nc2nc(-n3ccnc3)nc(-n3ccnc3)n2)cc1. The molecule has 0 amide bonds. The number of hydrogen-bond acceptors (Lipinski definition) is 7. The van der Waals surface area contributed by atoms with Gasteiger partial charge in [-0.3, -0.25) is 13.9 Å². The quantitative estimate of drug-likeness (QED) is 0.552. The highest BCUT2D eigenvalue weighted by Gasteiger charge is 2.10. The van der Waals surface area contributed by atoms with Crippen molar-refractivity contribution in [3.05, 3.63) is 67.3 Å². The second kappa shape index (κ2) is 6.55. The standard InChI is InChI=1S/C17H14N8O/c1-12(26)13-2-4-14(5-3-13)20-15-21-16(24-8-6-18-10-24)23-17(22-15)25-9-7-19-11-25/h2-11H,1H3,(H,20,21,22,23). The first-order valence-electron chi connectivity index (χ1n) is 7.80. The van der Waals surface area contributed by atoms with Crippen LogP contribution in [0.5, 0.6) is 0 Å². The van der Waals surface area contributed by atoms with Gasteiger partial charge in [-0.05, 0) is 31.2 Å². The summed E-state index contributed by atoms with van der Waals surface area (Å²) in [5, 5.41) is 3.13. The topological polar surface area (TPSA) is 103 Å². The maximum Gasteiger partial charge on any atom is 0.241 e. The summed E-state index contributed by atoms with van der Waals surface area (Å²) in [6.07, 6.45) is 10.0. The molecule has 0 atom stereocenters. The third kappa shape index (κ3) is 3.18. The molecule has 0 saturated heterocycles. The Balaban J connectivity index is 1.71. The summed E-state index contributed by atoms with van der Waals surface area (Å²) < 4.78 is 3.37. The fourth-order valence-corrected chi connectivity index (χ4v) is 2.31. The number of nitrogens with zero attached hydrogens (tertiary/aromatic N) is 7. The van der Waals surface area contributed by atoms with Crippen LogP contribution in [0.25, 0.3) is 11.9 Å². The number of ketones is 1. The minimum absolute atomic E-state index is 0.0153. The summed E-state index contributed by atoms with van der Waals surface area (Å²) in [6.45, 7) is 1.53. The highest BCUT2D eigenvalue weighted by Crippen LogP contribution is 2.16. The van der Waals surface area contributed by atoms with E-state index in [4.69, 9.17) is 0 Å². The number of Topliss-reactive ketones (excluding diaryl/α,β-unsaturated/α-hetero) is 1. The average molecular weight is 346 g/mol. The van der Waals surface area contributed by atoms with Gasteiger partial charge in [0.15, 0.2) is 5.78 Å². The predicted molar refractivity (Wildman–Crippen MR) is 93.8 cm³/mol. The Morgan fingerprint density at radius 3 is 1.92 bits per heavy atom. The number of aromatic nitrogens is 7. The third-order valence-corrected chi connectivity index (χ3v) is 3.63. The Morgan fingerprint density at radius 1 is 0.885 bits per heavy atom. The molecule has 0 aliphatic rings. The highest BCUT2D eigenvalue weighted by atomic mass is 16.1. The molecule has 0 radical (unpaired) electrons. The van der Waals surface area contributed by atoms with Crippen LogP contribution >= 0.6 is 0 Å². The molecule has 9 nitrogen and oxygen atoms in total. The van der Waals surface area contributed by atoms with E-state index >= 15 is 0 Å². The lowest BCUT2D eigenvalue weighted by Crippen LogP contribution is -2.10. The van der Waals surface area contributed by atoms with Crippen LogP contribution in [0.1, 0.15) is 17.3 Å². The van der Waals surface area contributed by atoms with Gasteiger partial charge in [-0.15, -0.1) is 0 Å². The van der Waals surface area contributed by atoms with E-state index in [1.165, 1.54) is 6.92 Å². The van der Waals surface area contributed by atoms with Crippen molar-refractivity contribution in [2.45, 2.75) is 6.92 Å². The molecule has 0 spiro atoms. The van der Waals surface area contributed by atoms with E-state index in [1.807, 2.05) is 0 Å². The van der Waals surface area contributed by atoms with Crippen LogP contribution in [0.2, 0.25) is 0 Å². The Hall–Kier alpha value is -3.88. The largest absolute Gasteiger partial charge is 0.324 e. The van der Waals surface area contributed by atoms with Crippen molar-refractivity contribution in [1.82, 2.24) is 34.1 Å². The number of anilines is 2. The minimum atomic E-state index is 0.0153. The monoisotopic (exact) mass is 346 g/mol. The van der Waals surface area contributed by atoms with Crippen molar-refractivity contribution in [2.24, 2.45) is 0 Å². The van der Waals surface area contributed by atoms with Gasteiger partial charge in [-0.2, -0.15) is 15.0 Å². The minimum Gasteiger partial charge on any atom is -0.324 e. The third-order valence-electron chi connectivity index (χ3n) is 3.63. The van der Waals surface area contributed by atoms with E-state index < -0.39 is 0 Å². The van der Waals surface area contributed by atoms with Gasteiger partial charge in [0.2, 0.25) is 17.8 Å². The van der Waals surface area contributed by atoms with Crippen LogP contribution < -0.4 is 5.32 Å². The number of carbonyl (C=O) groups excluding carboxylic acids is 1. The molecule has 1 aromatic carbocycles. The predicted octanol–water partition coefficient (Wildman–Crippen LogP) is 2.19. The second-order valence-corrected chi connectivity index (χ2v) is 5.46. The summed E-state index contributed by atoms with van der Waals surface area (Å²) in [5.41, 5.74) is 1.40. The Labute approximate surface area is 148 Å². The fraction of sp³-hybridized carbons (Fsp3) is 0.0588. The van der Waals surface area contributed by atoms with Gasteiger partial charge in [-0.25, -0.2) is 9.97 Å². The van der Waals surface area contributed by atoms with Crippen molar-refractivity contribution in [3.8, 4) is 11.9 Å². The number of hydrogen-bond donors (Lipinski definition) is 1. The van der Waals surface area contributed by atoms with Crippen LogP contribution in [0, 0.1) is 0 Å². The lowest BCUT2D eigenvalue weighted by molar-refractivity contribution is 0.101. The van der Waals surface area contributed by atoms with Crippen molar-refractivity contribution in [2.75, 3.05) is 5.32 Å². The van der Waals surface area contributed by atoms with Gasteiger partial charge in [0.05, 0.1) is 0 Å². The summed E-state index contributed by atoms with van der Waals surface area (Å²) in [4.78, 5) is 32.7. The Kier molecular flexibility index (Phi) is 3.94. The smallest absolute Gasteiger partial charge is 0.241 e. The van der Waals surface area contributed by atoms with Gasteiger partial charge >= 0.3 is 0 Å². The molecule has 0 saturated carbocycles. The van der Waals surface area contributed by atoms with Crippen LogP contribution in [0.4, 0.5) is 11.6 Å². The van der Waals surface area contributed by atoms with Gasteiger partial charge < -0.3 is 5.32 Å². The maximum atomic E-state index is 11.4. The first-order chi connectivity index (χ1) is 12.7. The zero-order chi connectivity index (χ0) is 17.9. The molecule has 9 heteroatoms. The molecular weight excluding hydrogens is 332 g/mol. The number of imidazole rings is 2. The number of nitrogens with one attached hydrogen (secondary N) is 1. The van der Waals surface area contributed by atoms with E-state index in [2.05, 4.69) is 30.2 Å². The molecule has 3 heterocycles. The zero-order valence-electron chi connectivity index (χ0n) is 13.8. The van der Waals surface area contributed by atoms with Crippen molar-refractivity contribution >= 4 is 17.4 Å². The maximum absolute atomic E-state index is 11.4. The molecular formula is C17H14N8O. The summed E-state index contributed by atoms with van der Waals surface area (Å²) >= 11 is 0. The molecule has 26 heavy (non-hydrogen) atoms. The van der Waals surface area contributed by atoms with E-state index in [0.29, 0.717) is 23.4 Å². The van der Waals surface area contributed by atoms with Crippen molar-refractivity contribution in [1.29, 1.82) is 0 Å². The second-order valence-electron chi connectivity index (χ2n) is 5.46. The first kappa shape index (κ1) is 15.6. The molecule has 0 unspecified atom stereocenters. The summed E-state index contributed by atoms with van der Waals surface area (Å²) in [6, 6.07) is 7.10. The normalized spacial score (nSPS) is 10.7. The molecule has 1 N–H and O–H groups in total. The van der Waals surface area contributed by atoms with E-state index in [1.54, 1.807) is 70.8 Å². The van der Waals surface area contributed by atoms with E-state index in [0.717, 1.165) is 5.69 Å². The summed E-state index contributed by atoms with van der Waals surface area (Å²) in [5.74, 6) is 1.22. The van der Waals surface area contributed by atoms with Crippen LogP contribution in [-0.2, 0) is 0 Å². The lowest BCUT2D eigenvalue weighted by Gasteiger charge is -2.09. The van der Waals surface area contributed by atoms with Gasteiger partial charge in [0.1, 0.15) is 12.7 Å². The van der Waals surface area contributed by atoms with Gasteiger partial charge in [0.25, 0.3) is 0 Å². The zero-order valence-corrected chi connectivity index (χ0v) is 13.8. The van der Waals surface area contributed by atoms with Gasteiger partial charge in [-0.1, -0.05) is 0 Å². The molecule has 0 aliphatic carbocycles. The first-order valence-corrected chi connectivity index (χ1v) is 7.80. The van der Waals surface area contributed by atoms with Crippen LogP contribution in [0.15, 0.2) is 61.7 Å². The molecule has 0 aliphatic heterocycles. The van der Waals surface area contributed by atoms with Crippen LogP contribution in [0.3, 0.4) is 0 Å². The number of benzene rings is 1. The number of rotatable bonds is 5. The Morgan fingerprint density at radius 2 is 1.46 bits per heavy atom. The summed E-state index contributed by atoms with van der Waals surface area (Å²) in [7, 11) is 0. The highest BCUT2D eigenvalue weighted by molar-refractivity contribution is 5.94. The van der Waals surface area contributed by atoms with E-state index in [9.17, 15) is 4.79 Å².